The average Bonchev–Trinajstić information content (AvgIpc) is 3.21. The van der Waals surface area contributed by atoms with Crippen LogP contribution in [0.1, 0.15) is 206 Å². The lowest BCUT2D eigenvalue weighted by molar-refractivity contribution is -0.297. The molecule has 4 N–H and O–H groups in total. The van der Waals surface area contributed by atoms with Crippen molar-refractivity contribution in [1.82, 2.24) is 0 Å². The van der Waals surface area contributed by atoms with Gasteiger partial charge in [0.2, 0.25) is 0 Å². The summed E-state index contributed by atoms with van der Waals surface area (Å²) in [6.07, 6.45) is 32.1. The highest BCUT2D eigenvalue weighted by molar-refractivity contribution is 7.85. The van der Waals surface area contributed by atoms with Gasteiger partial charge in [-0.15, -0.1) is 0 Å². The third kappa shape index (κ3) is 31.9. The lowest BCUT2D eigenvalue weighted by Gasteiger charge is -2.40. The van der Waals surface area contributed by atoms with Gasteiger partial charge in [-0.1, -0.05) is 160 Å². The minimum atomic E-state index is -4.60. The number of unbranched alkanes of at least 4 members (excludes halogenated alkanes) is 24. The number of ether oxygens (including phenoxy) is 4. The average molecular weight is 875 g/mol. The molecule has 0 saturated carbocycles. The second kappa shape index (κ2) is 37.7. The van der Waals surface area contributed by atoms with Crippen LogP contribution in [-0.4, -0.2) is 96.0 Å². The molecule has 1 rings (SSSR count). The summed E-state index contributed by atoms with van der Waals surface area (Å²) in [7, 11) is -4.60. The van der Waals surface area contributed by atoms with Crippen molar-refractivity contribution in [3.8, 4) is 0 Å². The van der Waals surface area contributed by atoms with Crippen LogP contribution in [0.25, 0.3) is 0 Å². The van der Waals surface area contributed by atoms with E-state index in [0.717, 1.165) is 44.9 Å². The van der Waals surface area contributed by atoms with Crippen molar-refractivity contribution in [2.75, 3.05) is 19.0 Å². The first-order chi connectivity index (χ1) is 29.0. The molecular formula is C47H86O12S. The van der Waals surface area contributed by atoms with Gasteiger partial charge in [-0.25, -0.2) is 0 Å². The van der Waals surface area contributed by atoms with Crippen molar-refractivity contribution < 1.29 is 56.8 Å². The Morgan fingerprint density at radius 1 is 0.550 bits per heavy atom. The molecule has 60 heavy (non-hydrogen) atoms. The van der Waals surface area contributed by atoms with Gasteiger partial charge in [0.1, 0.15) is 36.8 Å². The monoisotopic (exact) mass is 875 g/mol. The van der Waals surface area contributed by atoms with Crippen molar-refractivity contribution in [2.24, 2.45) is 0 Å². The zero-order chi connectivity index (χ0) is 44.1. The fourth-order valence-electron chi connectivity index (χ4n) is 7.24. The number of hydrogen-bond donors (Lipinski definition) is 4. The molecule has 0 aromatic carbocycles. The predicted molar refractivity (Wildman–Crippen MR) is 238 cm³/mol. The Labute approximate surface area is 364 Å². The molecule has 1 heterocycles. The zero-order valence-corrected chi connectivity index (χ0v) is 38.4. The van der Waals surface area contributed by atoms with Crippen molar-refractivity contribution in [1.29, 1.82) is 0 Å². The van der Waals surface area contributed by atoms with Gasteiger partial charge in [0, 0.05) is 12.8 Å². The summed E-state index contributed by atoms with van der Waals surface area (Å²) in [6, 6.07) is 0. The molecule has 0 aliphatic carbocycles. The number of carbonyl (C=O) groups excluding carboxylic acids is 2. The third-order valence-electron chi connectivity index (χ3n) is 11.0. The van der Waals surface area contributed by atoms with Gasteiger partial charge < -0.3 is 34.3 Å². The largest absolute Gasteiger partial charge is 0.462 e. The fraction of sp³-hybridized carbons (Fsp3) is 0.872. The Morgan fingerprint density at radius 3 is 1.43 bits per heavy atom. The molecule has 6 atom stereocenters. The van der Waals surface area contributed by atoms with Crippen LogP contribution < -0.4 is 0 Å². The van der Waals surface area contributed by atoms with Crippen LogP contribution >= 0.6 is 0 Å². The summed E-state index contributed by atoms with van der Waals surface area (Å²) in [5.74, 6) is -1.98. The minimum absolute atomic E-state index is 0.163. The SMILES string of the molecule is CCCC/C=C/CCCCCCCCCCCC(=O)O[C@H](COC(=O)CCCCCCCCCCC/C=C/CCCCCC)CO[C@H]1O[C@H](CS(=O)(=O)O)[C@@H](O)C(O)C1O. The van der Waals surface area contributed by atoms with Crippen LogP contribution in [0.4, 0.5) is 0 Å². The number of esters is 2. The van der Waals surface area contributed by atoms with Gasteiger partial charge in [0.25, 0.3) is 10.1 Å². The minimum Gasteiger partial charge on any atom is -0.462 e. The van der Waals surface area contributed by atoms with Crippen LogP contribution in [0, 0.1) is 0 Å². The van der Waals surface area contributed by atoms with Gasteiger partial charge in [0.05, 0.1) is 6.61 Å². The highest BCUT2D eigenvalue weighted by Gasteiger charge is 2.46. The van der Waals surface area contributed by atoms with E-state index >= 15 is 0 Å². The number of rotatable bonds is 40. The molecular weight excluding hydrogens is 789 g/mol. The van der Waals surface area contributed by atoms with E-state index in [1.54, 1.807) is 0 Å². The lowest BCUT2D eigenvalue weighted by Crippen LogP contribution is -2.60. The Morgan fingerprint density at radius 2 is 0.967 bits per heavy atom. The summed E-state index contributed by atoms with van der Waals surface area (Å²) < 4.78 is 54.1. The van der Waals surface area contributed by atoms with Crippen LogP contribution in [0.5, 0.6) is 0 Å². The van der Waals surface area contributed by atoms with E-state index in [9.17, 15) is 37.9 Å². The molecule has 0 amide bonds. The first-order valence-electron chi connectivity index (χ1n) is 23.9. The maximum absolute atomic E-state index is 12.8. The van der Waals surface area contributed by atoms with Gasteiger partial charge in [-0.3, -0.25) is 14.1 Å². The topological polar surface area (TPSA) is 186 Å². The summed E-state index contributed by atoms with van der Waals surface area (Å²) in [5, 5.41) is 30.9. The Bertz CT molecular complexity index is 1210. The number of hydrogen-bond acceptors (Lipinski definition) is 11. The smallest absolute Gasteiger partial charge is 0.306 e. The van der Waals surface area contributed by atoms with Crippen LogP contribution in [-0.2, 0) is 38.7 Å². The van der Waals surface area contributed by atoms with Crippen LogP contribution in [0.2, 0.25) is 0 Å². The molecule has 352 valence electrons. The third-order valence-corrected chi connectivity index (χ3v) is 11.8. The van der Waals surface area contributed by atoms with Gasteiger partial charge >= 0.3 is 11.9 Å². The summed E-state index contributed by atoms with van der Waals surface area (Å²) in [5.41, 5.74) is 0. The molecule has 0 aromatic heterocycles. The molecule has 0 spiro atoms. The van der Waals surface area contributed by atoms with E-state index in [4.69, 9.17) is 18.9 Å². The second-order valence-corrected chi connectivity index (χ2v) is 18.3. The van der Waals surface area contributed by atoms with E-state index in [1.165, 1.54) is 122 Å². The van der Waals surface area contributed by atoms with Gasteiger partial charge in [-0.05, 0) is 57.8 Å². The first-order valence-corrected chi connectivity index (χ1v) is 25.5. The maximum Gasteiger partial charge on any atom is 0.306 e. The number of aliphatic hydroxyl groups excluding tert-OH is 3. The maximum atomic E-state index is 12.8. The highest BCUT2D eigenvalue weighted by Crippen LogP contribution is 2.24. The molecule has 1 saturated heterocycles. The number of carbonyl (C=O) groups is 2. The highest BCUT2D eigenvalue weighted by atomic mass is 32.2. The summed E-state index contributed by atoms with van der Waals surface area (Å²) in [6.45, 7) is 3.73. The fourth-order valence-corrected chi connectivity index (χ4v) is 7.93. The van der Waals surface area contributed by atoms with E-state index in [-0.39, 0.29) is 19.4 Å². The molecule has 1 aliphatic heterocycles. The van der Waals surface area contributed by atoms with Crippen molar-refractivity contribution >= 4 is 22.1 Å². The molecule has 0 radical (unpaired) electrons. The Kier molecular flexibility index (Phi) is 35.2. The van der Waals surface area contributed by atoms with Crippen molar-refractivity contribution in [2.45, 2.75) is 243 Å². The summed E-state index contributed by atoms with van der Waals surface area (Å²) >= 11 is 0. The molecule has 0 aromatic rings. The van der Waals surface area contributed by atoms with Crippen molar-refractivity contribution in [3.05, 3.63) is 24.3 Å². The van der Waals surface area contributed by atoms with Gasteiger partial charge in [-0.2, -0.15) is 8.42 Å². The first kappa shape index (κ1) is 56.1. The van der Waals surface area contributed by atoms with Crippen LogP contribution in [0.15, 0.2) is 24.3 Å². The van der Waals surface area contributed by atoms with E-state index < -0.39 is 71.2 Å². The van der Waals surface area contributed by atoms with E-state index in [0.29, 0.717) is 12.8 Å². The van der Waals surface area contributed by atoms with E-state index in [1.807, 2.05) is 0 Å². The predicted octanol–water partition coefficient (Wildman–Crippen LogP) is 10.0. The molecule has 12 nitrogen and oxygen atoms in total. The van der Waals surface area contributed by atoms with Crippen LogP contribution in [0.3, 0.4) is 0 Å². The molecule has 13 heteroatoms. The normalized spacial score (nSPS) is 20.3. The van der Waals surface area contributed by atoms with E-state index in [2.05, 4.69) is 38.2 Å². The Hall–Kier alpha value is -1.87. The number of allylic oxidation sites excluding steroid dienone is 4. The Balaban J connectivity index is 2.41. The summed E-state index contributed by atoms with van der Waals surface area (Å²) in [4.78, 5) is 25.4. The molecule has 2 unspecified atom stereocenters. The van der Waals surface area contributed by atoms with Crippen molar-refractivity contribution in [3.63, 3.8) is 0 Å². The zero-order valence-electron chi connectivity index (χ0n) is 37.6. The molecule has 1 aliphatic rings. The number of aliphatic hydroxyl groups is 3. The van der Waals surface area contributed by atoms with Gasteiger partial charge in [0.15, 0.2) is 12.4 Å². The second-order valence-electron chi connectivity index (χ2n) is 16.8. The lowest BCUT2D eigenvalue weighted by atomic mass is 10.00. The standard InChI is InChI=1S/C47H86O12S/c1-3-5-7-9-11-13-15-17-19-20-22-23-25-27-29-31-33-35-42(48)56-37-40(38-57-47-46(52)45(51)44(50)41(59-47)39-60(53,54)55)58-43(49)36-34-32-30-28-26-24-21-18-16-14-12-10-8-6-4-2/h10,12-13,15,40-41,44-47,50-52H,3-9,11,14,16-39H2,1-2H3,(H,53,54,55)/b12-10+,15-13+/t40-,41-,44-,45?,46?,47+/m1/s1. The molecule has 1 fully saturated rings. The molecule has 0 bridgehead atoms. The quantitative estimate of drug-likeness (QED) is 0.0198.